The first kappa shape index (κ1) is 8.06. The van der Waals surface area contributed by atoms with Gasteiger partial charge in [0.05, 0.1) is 0 Å². The molecule has 0 saturated heterocycles. The lowest BCUT2D eigenvalue weighted by molar-refractivity contribution is 0.262. The van der Waals surface area contributed by atoms with E-state index in [0.717, 1.165) is 5.92 Å². The zero-order valence-electron chi connectivity index (χ0n) is 7.35. The van der Waals surface area contributed by atoms with Crippen LogP contribution in [0.3, 0.4) is 0 Å². The van der Waals surface area contributed by atoms with Crippen LogP contribution < -0.4 is 5.73 Å². The predicted octanol–water partition coefficient (Wildman–Crippen LogP) is 2.16. The third-order valence-electron chi connectivity index (χ3n) is 2.74. The second-order valence-corrected chi connectivity index (χ2v) is 4.42. The summed E-state index contributed by atoms with van der Waals surface area (Å²) < 4.78 is 0. The third-order valence-corrected chi connectivity index (χ3v) is 2.74. The van der Waals surface area contributed by atoms with Gasteiger partial charge in [-0.2, -0.15) is 0 Å². The van der Waals surface area contributed by atoms with Gasteiger partial charge in [0.1, 0.15) is 0 Å². The molecule has 0 aromatic rings. The number of nitrogens with two attached hydrogens (primary N) is 1. The fraction of sp³-hybridized carbons (Fsp3) is 1.00. The zero-order chi connectivity index (χ0) is 7.78. The quantitative estimate of drug-likeness (QED) is 0.640. The normalized spacial score (nSPS) is 22.8. The van der Waals surface area contributed by atoms with Gasteiger partial charge in [-0.05, 0) is 24.7 Å². The first-order chi connectivity index (χ1) is 4.52. The molecule has 0 aliphatic heterocycles. The average Bonchev–Trinajstić information content (AvgIpc) is 2.48. The van der Waals surface area contributed by atoms with Gasteiger partial charge < -0.3 is 5.73 Å². The summed E-state index contributed by atoms with van der Waals surface area (Å²) in [5, 5.41) is 0. The highest BCUT2D eigenvalue weighted by Gasteiger charge is 2.32. The highest BCUT2D eigenvalue weighted by Crippen LogP contribution is 2.41. The average molecular weight is 141 g/mol. The van der Waals surface area contributed by atoms with Crippen molar-refractivity contribution in [2.45, 2.75) is 46.1 Å². The van der Waals surface area contributed by atoms with E-state index in [0.29, 0.717) is 11.5 Å². The predicted molar refractivity (Wildman–Crippen MR) is 44.8 cm³/mol. The Morgan fingerprint density at radius 1 is 1.50 bits per heavy atom. The van der Waals surface area contributed by atoms with E-state index >= 15 is 0 Å². The van der Waals surface area contributed by atoms with Crippen molar-refractivity contribution in [2.75, 3.05) is 0 Å². The van der Waals surface area contributed by atoms with Crippen molar-refractivity contribution in [2.24, 2.45) is 17.1 Å². The first-order valence-electron chi connectivity index (χ1n) is 4.28. The van der Waals surface area contributed by atoms with Gasteiger partial charge in [0.2, 0.25) is 0 Å². The molecule has 1 saturated carbocycles. The van der Waals surface area contributed by atoms with Gasteiger partial charge in [-0.25, -0.2) is 0 Å². The minimum absolute atomic E-state index is 0.341. The molecule has 1 unspecified atom stereocenters. The molecule has 0 aromatic carbocycles. The summed E-state index contributed by atoms with van der Waals surface area (Å²) >= 11 is 0. The Hall–Kier alpha value is -0.0400. The molecule has 0 heterocycles. The van der Waals surface area contributed by atoms with E-state index in [1.807, 2.05) is 0 Å². The van der Waals surface area contributed by atoms with Crippen LogP contribution in [-0.2, 0) is 0 Å². The summed E-state index contributed by atoms with van der Waals surface area (Å²) in [7, 11) is 0. The summed E-state index contributed by atoms with van der Waals surface area (Å²) in [5.74, 6) is 1.00. The lowest BCUT2D eigenvalue weighted by Crippen LogP contribution is -2.34. The Balaban J connectivity index is 2.33. The monoisotopic (exact) mass is 141 g/mol. The van der Waals surface area contributed by atoms with Crippen molar-refractivity contribution in [3.05, 3.63) is 0 Å². The number of hydrogen-bond acceptors (Lipinski definition) is 1. The van der Waals surface area contributed by atoms with Crippen LogP contribution in [0.1, 0.15) is 40.0 Å². The molecule has 0 aromatic heterocycles. The summed E-state index contributed by atoms with van der Waals surface area (Å²) in [5.41, 5.74) is 6.21. The Morgan fingerprint density at radius 2 is 2.00 bits per heavy atom. The molecule has 0 spiro atoms. The molecule has 1 atom stereocenters. The Kier molecular flexibility index (Phi) is 2.04. The van der Waals surface area contributed by atoms with Gasteiger partial charge in [-0.15, -0.1) is 0 Å². The Labute approximate surface area is 64.0 Å². The van der Waals surface area contributed by atoms with Gasteiger partial charge in [0.25, 0.3) is 0 Å². The lowest BCUT2D eigenvalue weighted by atomic mass is 9.81. The Bertz CT molecular complexity index is 112. The van der Waals surface area contributed by atoms with Crippen LogP contribution in [0.5, 0.6) is 0 Å². The summed E-state index contributed by atoms with van der Waals surface area (Å²) in [6.45, 7) is 6.66. The summed E-state index contributed by atoms with van der Waals surface area (Å²) in [4.78, 5) is 0. The fourth-order valence-electron chi connectivity index (χ4n) is 1.25. The minimum Gasteiger partial charge on any atom is -0.327 e. The maximum Gasteiger partial charge on any atom is 0.00618 e. The molecule has 1 heteroatoms. The van der Waals surface area contributed by atoms with Crippen LogP contribution >= 0.6 is 0 Å². The van der Waals surface area contributed by atoms with Gasteiger partial charge in [0, 0.05) is 6.04 Å². The summed E-state index contributed by atoms with van der Waals surface area (Å²) in [6, 6.07) is 0.341. The van der Waals surface area contributed by atoms with Crippen LogP contribution in [0.15, 0.2) is 0 Å². The minimum atomic E-state index is 0.341. The first-order valence-corrected chi connectivity index (χ1v) is 4.28. The highest BCUT2D eigenvalue weighted by molar-refractivity contribution is 4.85. The van der Waals surface area contributed by atoms with Crippen molar-refractivity contribution in [1.82, 2.24) is 0 Å². The molecule has 60 valence electrons. The second-order valence-electron chi connectivity index (χ2n) is 4.42. The van der Waals surface area contributed by atoms with Crippen molar-refractivity contribution in [1.29, 1.82) is 0 Å². The van der Waals surface area contributed by atoms with E-state index in [2.05, 4.69) is 20.8 Å². The van der Waals surface area contributed by atoms with E-state index in [9.17, 15) is 0 Å². The van der Waals surface area contributed by atoms with Gasteiger partial charge in [-0.1, -0.05) is 26.7 Å². The molecule has 0 amide bonds. The molecular weight excluding hydrogens is 122 g/mol. The van der Waals surface area contributed by atoms with Crippen molar-refractivity contribution in [3.8, 4) is 0 Å². The van der Waals surface area contributed by atoms with Gasteiger partial charge in [0.15, 0.2) is 0 Å². The van der Waals surface area contributed by atoms with Crippen LogP contribution in [0, 0.1) is 11.3 Å². The molecule has 1 fully saturated rings. The SMILES string of the molecule is CC(N)C(C)(C)CC1CC1. The smallest absolute Gasteiger partial charge is 0.00618 e. The van der Waals surface area contributed by atoms with Crippen LogP contribution in [0.4, 0.5) is 0 Å². The van der Waals surface area contributed by atoms with Crippen molar-refractivity contribution >= 4 is 0 Å². The Morgan fingerprint density at radius 3 is 2.30 bits per heavy atom. The largest absolute Gasteiger partial charge is 0.327 e. The van der Waals surface area contributed by atoms with E-state index in [-0.39, 0.29) is 0 Å². The molecule has 10 heavy (non-hydrogen) atoms. The fourth-order valence-corrected chi connectivity index (χ4v) is 1.25. The molecule has 1 nitrogen and oxygen atoms in total. The molecule has 2 N–H and O–H groups in total. The number of hydrogen-bond donors (Lipinski definition) is 1. The molecule has 0 bridgehead atoms. The van der Waals surface area contributed by atoms with Crippen molar-refractivity contribution < 1.29 is 0 Å². The van der Waals surface area contributed by atoms with Crippen LogP contribution in [0.25, 0.3) is 0 Å². The van der Waals surface area contributed by atoms with E-state index in [1.54, 1.807) is 0 Å². The van der Waals surface area contributed by atoms with Crippen molar-refractivity contribution in [3.63, 3.8) is 0 Å². The lowest BCUT2D eigenvalue weighted by Gasteiger charge is -2.28. The zero-order valence-corrected chi connectivity index (χ0v) is 7.35. The van der Waals surface area contributed by atoms with E-state index < -0.39 is 0 Å². The molecule has 1 aliphatic carbocycles. The molecular formula is C9H19N. The maximum absolute atomic E-state index is 5.85. The van der Waals surface area contributed by atoms with Crippen LogP contribution in [-0.4, -0.2) is 6.04 Å². The van der Waals surface area contributed by atoms with Gasteiger partial charge >= 0.3 is 0 Å². The number of rotatable bonds is 3. The highest BCUT2D eigenvalue weighted by atomic mass is 14.7. The molecule has 1 rings (SSSR count). The standard InChI is InChI=1S/C9H19N/c1-7(10)9(2,3)6-8-4-5-8/h7-8H,4-6,10H2,1-3H3. The topological polar surface area (TPSA) is 26.0 Å². The summed E-state index contributed by atoms with van der Waals surface area (Å²) in [6.07, 6.45) is 4.21. The third kappa shape index (κ3) is 1.98. The van der Waals surface area contributed by atoms with Gasteiger partial charge in [-0.3, -0.25) is 0 Å². The second kappa shape index (κ2) is 2.54. The molecule has 0 radical (unpaired) electrons. The van der Waals surface area contributed by atoms with E-state index in [4.69, 9.17) is 5.73 Å². The van der Waals surface area contributed by atoms with Crippen LogP contribution in [0.2, 0.25) is 0 Å². The van der Waals surface area contributed by atoms with E-state index in [1.165, 1.54) is 19.3 Å². The maximum atomic E-state index is 5.85. The molecule has 1 aliphatic rings.